The normalized spacial score (nSPS) is 27.3. The maximum absolute atomic E-state index is 13.1. The lowest BCUT2D eigenvalue weighted by Gasteiger charge is -2.44. The molecule has 164 valence electrons. The zero-order chi connectivity index (χ0) is 25.5. The Hall–Kier alpha value is -2.06. The van der Waals surface area contributed by atoms with Crippen molar-refractivity contribution in [3.8, 4) is 0 Å². The smallest absolute Gasteiger partial charge is 0.330 e. The number of thioether (sulfide) groups is 1. The van der Waals surface area contributed by atoms with Gasteiger partial charge in [0.2, 0.25) is 11.8 Å². The molecule has 0 bridgehead atoms. The van der Waals surface area contributed by atoms with Crippen molar-refractivity contribution in [3.05, 3.63) is 35.9 Å². The van der Waals surface area contributed by atoms with E-state index < -0.39 is 47.1 Å². The number of β-lactam (4-membered cyclic amide) rings is 1. The van der Waals surface area contributed by atoms with Crippen molar-refractivity contribution >= 4 is 29.5 Å². The van der Waals surface area contributed by atoms with Crippen molar-refractivity contribution in [1.29, 1.82) is 0 Å². The van der Waals surface area contributed by atoms with E-state index in [0.717, 1.165) is 5.56 Å². The molecule has 0 radical (unpaired) electrons. The van der Waals surface area contributed by atoms with Gasteiger partial charge in [0.25, 0.3) is 0 Å². The number of rotatable bonds is 9. The highest BCUT2D eigenvalue weighted by molar-refractivity contribution is 8.01. The quantitative estimate of drug-likeness (QED) is 0.468. The lowest BCUT2D eigenvalue weighted by Crippen LogP contribution is -2.70. The van der Waals surface area contributed by atoms with Crippen molar-refractivity contribution in [3.63, 3.8) is 0 Å². The summed E-state index contributed by atoms with van der Waals surface area (Å²) in [4.78, 5) is 41.0. The predicted octanol–water partition coefficient (Wildman–Crippen LogP) is 1.66. The van der Waals surface area contributed by atoms with Crippen LogP contribution < -0.4 is 5.32 Å². The molecule has 1 N–H and O–H groups in total. The van der Waals surface area contributed by atoms with E-state index in [2.05, 4.69) is 5.32 Å². The highest BCUT2D eigenvalue weighted by atomic mass is 32.2. The lowest BCUT2D eigenvalue weighted by atomic mass is 9.96. The number of nitrogens with zero attached hydrogens (tertiary/aromatic N) is 2. The number of benzene rings is 1. The minimum Gasteiger partial charge on any atom is -0.463 e. The summed E-state index contributed by atoms with van der Waals surface area (Å²) < 4.78 is 37.0. The maximum Gasteiger partial charge on any atom is 0.330 e. The summed E-state index contributed by atoms with van der Waals surface area (Å²) in [6.45, 7) is 1.81. The van der Waals surface area contributed by atoms with Gasteiger partial charge in [-0.2, -0.15) is 0 Å². The van der Waals surface area contributed by atoms with Crippen molar-refractivity contribution in [2.24, 2.45) is 0 Å². The van der Waals surface area contributed by atoms with Crippen molar-refractivity contribution in [1.82, 2.24) is 15.1 Å². The molecule has 7 nitrogen and oxygen atoms in total. The number of esters is 1. The number of amides is 2. The SMILES string of the molecule is [2H]C([2H])(OC(=O)[C@@H]1N2C(=O)[C@@H](NC(=O)Cc3ccccc3)[C@H]2SC1(C)C)C([2H])([2H])N(CC)CC. The fourth-order valence-corrected chi connectivity index (χ4v) is 5.33. The third-order valence-corrected chi connectivity index (χ3v) is 6.88. The van der Waals surface area contributed by atoms with Gasteiger partial charge in [-0.1, -0.05) is 44.2 Å². The molecular weight excluding hydrogens is 402 g/mol. The zero-order valence-corrected chi connectivity index (χ0v) is 18.5. The molecule has 2 aliphatic heterocycles. The molecule has 3 atom stereocenters. The second-order valence-corrected chi connectivity index (χ2v) is 9.55. The van der Waals surface area contributed by atoms with Crippen LogP contribution in [-0.2, 0) is 25.5 Å². The van der Waals surface area contributed by atoms with E-state index >= 15 is 0 Å². The Morgan fingerprint density at radius 2 is 1.93 bits per heavy atom. The Bertz CT molecular complexity index is 943. The van der Waals surface area contributed by atoms with Gasteiger partial charge in [0.1, 0.15) is 24.0 Å². The number of carbonyl (C=O) groups excluding carboxylic acids is 3. The molecule has 2 heterocycles. The Morgan fingerprint density at radius 3 is 2.57 bits per heavy atom. The van der Waals surface area contributed by atoms with E-state index in [1.807, 2.05) is 30.3 Å². The van der Waals surface area contributed by atoms with E-state index in [4.69, 9.17) is 10.2 Å². The largest absolute Gasteiger partial charge is 0.463 e. The van der Waals surface area contributed by atoms with E-state index in [0.29, 0.717) is 0 Å². The van der Waals surface area contributed by atoms with Crippen LogP contribution in [0, 0.1) is 0 Å². The van der Waals surface area contributed by atoms with Gasteiger partial charge in [0.15, 0.2) is 0 Å². The molecule has 30 heavy (non-hydrogen) atoms. The molecule has 2 aliphatic rings. The average Bonchev–Trinajstić information content (AvgIpc) is 3.01. The lowest BCUT2D eigenvalue weighted by molar-refractivity contribution is -0.164. The van der Waals surface area contributed by atoms with Crippen LogP contribution in [0.4, 0.5) is 0 Å². The predicted molar refractivity (Wildman–Crippen MR) is 117 cm³/mol. The highest BCUT2D eigenvalue weighted by Gasteiger charge is 2.64. The third-order valence-electron chi connectivity index (χ3n) is 5.31. The Kier molecular flexibility index (Phi) is 5.51. The molecule has 3 rings (SSSR count). The Morgan fingerprint density at radius 1 is 1.27 bits per heavy atom. The first kappa shape index (κ1) is 17.6. The van der Waals surface area contributed by atoms with Gasteiger partial charge < -0.3 is 19.9 Å². The standard InChI is InChI=1S/C22H31N3O4S/c1-5-24(6-2)12-13-29-21(28)18-22(3,4)30-20-17(19(27)25(18)20)23-16(26)14-15-10-8-7-9-11-15/h7-11,17-18,20H,5-6,12-14H2,1-4H3,(H,23,26)/t17-,18+,20-/m1/s1/i12D2,13D2. The maximum atomic E-state index is 13.1. The van der Waals surface area contributed by atoms with E-state index in [-0.39, 0.29) is 25.4 Å². The minimum atomic E-state index is -2.94. The van der Waals surface area contributed by atoms with Crippen molar-refractivity contribution < 1.29 is 24.6 Å². The monoisotopic (exact) mass is 437 g/mol. The van der Waals surface area contributed by atoms with E-state index in [1.165, 1.54) is 21.6 Å². The number of ether oxygens (including phenoxy) is 1. The van der Waals surface area contributed by atoms with Gasteiger partial charge >= 0.3 is 5.97 Å². The molecule has 0 spiro atoms. The van der Waals surface area contributed by atoms with Crippen LogP contribution in [-0.4, -0.2) is 75.9 Å². The van der Waals surface area contributed by atoms with Gasteiger partial charge in [-0.3, -0.25) is 9.59 Å². The van der Waals surface area contributed by atoms with Gasteiger partial charge in [-0.25, -0.2) is 4.79 Å². The average molecular weight is 438 g/mol. The minimum absolute atomic E-state index is 0.123. The summed E-state index contributed by atoms with van der Waals surface area (Å²) in [6, 6.07) is 7.23. The topological polar surface area (TPSA) is 79.0 Å². The molecule has 0 unspecified atom stereocenters. The first-order valence-electron chi connectivity index (χ1n) is 12.1. The van der Waals surface area contributed by atoms with Crippen LogP contribution in [0.1, 0.15) is 38.7 Å². The van der Waals surface area contributed by atoms with Crippen LogP contribution in [0.25, 0.3) is 0 Å². The number of carbonyl (C=O) groups is 3. The van der Waals surface area contributed by atoms with Crippen molar-refractivity contribution in [2.75, 3.05) is 26.1 Å². The summed E-state index contributed by atoms with van der Waals surface area (Å²) >= 11 is 1.33. The van der Waals surface area contributed by atoms with E-state index in [9.17, 15) is 14.4 Å². The molecule has 2 saturated heterocycles. The summed E-state index contributed by atoms with van der Waals surface area (Å²) in [7, 11) is 0. The fourth-order valence-electron chi connectivity index (χ4n) is 3.71. The van der Waals surface area contributed by atoms with Crippen molar-refractivity contribution in [2.45, 2.75) is 56.3 Å². The molecule has 1 aromatic rings. The summed E-state index contributed by atoms with van der Waals surface area (Å²) in [5, 5.41) is 2.25. The van der Waals surface area contributed by atoms with Gasteiger partial charge in [-0.15, -0.1) is 11.8 Å². The second-order valence-electron chi connectivity index (χ2n) is 7.77. The fraction of sp³-hybridized carbons (Fsp3) is 0.591. The first-order valence-corrected chi connectivity index (χ1v) is 11.0. The third kappa shape index (κ3) is 4.64. The van der Waals surface area contributed by atoms with Crippen LogP contribution in [0.15, 0.2) is 30.3 Å². The summed E-state index contributed by atoms with van der Waals surface area (Å²) in [5.41, 5.74) is 0.814. The molecule has 0 aliphatic carbocycles. The van der Waals surface area contributed by atoms with Gasteiger partial charge in [0.05, 0.1) is 9.16 Å². The van der Waals surface area contributed by atoms with Gasteiger partial charge in [0, 0.05) is 14.0 Å². The van der Waals surface area contributed by atoms with Crippen LogP contribution in [0.5, 0.6) is 0 Å². The number of hydrogen-bond acceptors (Lipinski definition) is 6. The molecule has 0 aromatic heterocycles. The summed E-state index contributed by atoms with van der Waals surface area (Å²) in [5.74, 6) is -1.76. The molecule has 0 saturated carbocycles. The molecule has 2 amide bonds. The number of likely N-dealkylation sites (N-methyl/N-ethyl adjacent to an activating group) is 1. The first-order chi connectivity index (χ1) is 15.8. The van der Waals surface area contributed by atoms with Gasteiger partial charge in [-0.05, 0) is 32.5 Å². The number of hydrogen-bond donors (Lipinski definition) is 1. The number of fused-ring (bicyclic) bond motifs is 1. The molecule has 2 fully saturated rings. The Balaban J connectivity index is 1.71. The number of nitrogens with one attached hydrogen (secondary N) is 1. The van der Waals surface area contributed by atoms with E-state index in [1.54, 1.807) is 27.7 Å². The molecule has 8 heteroatoms. The second kappa shape index (κ2) is 9.39. The van der Waals surface area contributed by atoms with Crippen LogP contribution in [0.3, 0.4) is 0 Å². The molecular formula is C22H31N3O4S. The van der Waals surface area contributed by atoms with Crippen LogP contribution in [0.2, 0.25) is 0 Å². The summed E-state index contributed by atoms with van der Waals surface area (Å²) in [6.07, 6.45) is 0.123. The van der Waals surface area contributed by atoms with Crippen LogP contribution >= 0.6 is 11.8 Å². The molecule has 1 aromatic carbocycles. The Labute approximate surface area is 188 Å². The highest BCUT2D eigenvalue weighted by Crippen LogP contribution is 2.51. The zero-order valence-electron chi connectivity index (χ0n) is 21.7.